The van der Waals surface area contributed by atoms with Gasteiger partial charge in [0.15, 0.2) is 0 Å². The number of phenols is 2. The number of amides is 2. The van der Waals surface area contributed by atoms with E-state index in [0.717, 1.165) is 0 Å². The molecule has 0 aliphatic heterocycles. The minimum absolute atomic E-state index is 0.0617. The van der Waals surface area contributed by atoms with E-state index < -0.39 is 5.91 Å². The van der Waals surface area contributed by atoms with Crippen molar-refractivity contribution >= 4 is 23.2 Å². The van der Waals surface area contributed by atoms with E-state index in [9.17, 15) is 19.8 Å². The number of nitrogens with one attached hydrogen (secondary N) is 2. The van der Waals surface area contributed by atoms with Gasteiger partial charge in [0, 0.05) is 29.3 Å². The number of hydrogen-bond acceptors (Lipinski definition) is 5. The summed E-state index contributed by atoms with van der Waals surface area (Å²) in [5.41, 5.74) is 4.17. The molecule has 0 aromatic heterocycles. The predicted molar refractivity (Wildman–Crippen MR) is 94.8 cm³/mol. The van der Waals surface area contributed by atoms with Crippen molar-refractivity contribution in [3.8, 4) is 11.5 Å². The molecule has 2 amide bonds. The van der Waals surface area contributed by atoms with Crippen molar-refractivity contribution in [2.24, 2.45) is 5.10 Å². The molecule has 2 aromatic rings. The summed E-state index contributed by atoms with van der Waals surface area (Å²) in [7, 11) is 0. The van der Waals surface area contributed by atoms with Gasteiger partial charge in [0.25, 0.3) is 5.91 Å². The van der Waals surface area contributed by atoms with Gasteiger partial charge in [0.1, 0.15) is 11.5 Å². The van der Waals surface area contributed by atoms with Gasteiger partial charge in [-0.3, -0.25) is 9.59 Å². The average Bonchev–Trinajstić information content (AvgIpc) is 2.60. The molecule has 0 fully saturated rings. The molecule has 7 nitrogen and oxygen atoms in total. The highest BCUT2D eigenvalue weighted by Crippen LogP contribution is 2.23. The minimum atomic E-state index is -0.425. The van der Waals surface area contributed by atoms with Crippen LogP contribution in [-0.2, 0) is 4.79 Å². The van der Waals surface area contributed by atoms with Crippen LogP contribution < -0.4 is 10.7 Å². The Morgan fingerprint density at radius 3 is 2.36 bits per heavy atom. The van der Waals surface area contributed by atoms with Crippen molar-refractivity contribution in [3.05, 3.63) is 53.6 Å². The number of aromatic hydroxyl groups is 2. The molecule has 4 N–H and O–H groups in total. The maximum atomic E-state index is 12.1. The largest absolute Gasteiger partial charge is 0.508 e. The van der Waals surface area contributed by atoms with E-state index in [0.29, 0.717) is 28.9 Å². The Morgan fingerprint density at radius 1 is 1.08 bits per heavy atom. The second-order valence-electron chi connectivity index (χ2n) is 5.32. The summed E-state index contributed by atoms with van der Waals surface area (Å²) < 4.78 is 0. The minimum Gasteiger partial charge on any atom is -0.508 e. The Balaban J connectivity index is 2.05. The molecule has 0 unspecified atom stereocenters. The number of phenolic OH excluding ortho intramolecular Hbond substituents is 2. The van der Waals surface area contributed by atoms with Crippen LogP contribution in [0, 0.1) is 0 Å². The van der Waals surface area contributed by atoms with Crippen molar-refractivity contribution < 1.29 is 19.8 Å². The maximum Gasteiger partial charge on any atom is 0.271 e. The number of anilines is 1. The van der Waals surface area contributed by atoms with E-state index in [1.807, 2.05) is 0 Å². The molecule has 0 bridgehead atoms. The predicted octanol–water partition coefficient (Wildman–Crippen LogP) is 2.60. The van der Waals surface area contributed by atoms with Crippen molar-refractivity contribution in [2.75, 3.05) is 5.32 Å². The quantitative estimate of drug-likeness (QED) is 0.495. The van der Waals surface area contributed by atoms with Gasteiger partial charge in [-0.2, -0.15) is 5.10 Å². The van der Waals surface area contributed by atoms with E-state index in [1.54, 1.807) is 38.1 Å². The molecule has 0 atom stereocenters. The second-order valence-corrected chi connectivity index (χ2v) is 5.32. The van der Waals surface area contributed by atoms with Gasteiger partial charge in [0.05, 0.1) is 5.71 Å². The molecule has 7 heteroatoms. The topological polar surface area (TPSA) is 111 Å². The number of nitrogens with zero attached hydrogens (tertiary/aromatic N) is 1. The Labute approximate surface area is 145 Å². The van der Waals surface area contributed by atoms with Crippen molar-refractivity contribution in [1.82, 2.24) is 5.43 Å². The molecule has 0 spiro atoms. The number of rotatable bonds is 5. The summed E-state index contributed by atoms with van der Waals surface area (Å²) in [6.45, 7) is 3.37. The highest BCUT2D eigenvalue weighted by atomic mass is 16.3. The molecule has 25 heavy (non-hydrogen) atoms. The fourth-order valence-electron chi connectivity index (χ4n) is 2.04. The van der Waals surface area contributed by atoms with Crippen LogP contribution in [0.1, 0.15) is 36.2 Å². The molecule has 0 heterocycles. The normalized spacial score (nSPS) is 11.0. The van der Waals surface area contributed by atoms with Crippen LogP contribution in [0.3, 0.4) is 0 Å². The SMILES string of the molecule is CCC(=O)Nc1ccc(C(=O)N/N=C(\C)c2ccc(O)cc2O)cc1. The van der Waals surface area contributed by atoms with Crippen LogP contribution in [0.2, 0.25) is 0 Å². The number of carbonyl (C=O) groups excluding carboxylic acids is 2. The van der Waals surface area contributed by atoms with Crippen LogP contribution in [0.25, 0.3) is 0 Å². The fraction of sp³-hybridized carbons (Fsp3) is 0.167. The first-order valence-corrected chi connectivity index (χ1v) is 7.67. The first-order valence-electron chi connectivity index (χ1n) is 7.67. The lowest BCUT2D eigenvalue weighted by Gasteiger charge is -2.07. The summed E-state index contributed by atoms with van der Waals surface area (Å²) in [5, 5.41) is 25.7. The number of benzene rings is 2. The van der Waals surface area contributed by atoms with Gasteiger partial charge in [-0.05, 0) is 43.3 Å². The van der Waals surface area contributed by atoms with Gasteiger partial charge in [-0.1, -0.05) is 6.92 Å². The highest BCUT2D eigenvalue weighted by molar-refractivity contribution is 6.02. The zero-order valence-corrected chi connectivity index (χ0v) is 13.9. The molecule has 0 aliphatic carbocycles. The molecular weight excluding hydrogens is 322 g/mol. The number of hydrazone groups is 1. The first kappa shape index (κ1) is 18.0. The third-order valence-electron chi connectivity index (χ3n) is 3.45. The Bertz CT molecular complexity index is 814. The van der Waals surface area contributed by atoms with Crippen LogP contribution in [-0.4, -0.2) is 27.7 Å². The van der Waals surface area contributed by atoms with Crippen molar-refractivity contribution in [1.29, 1.82) is 0 Å². The fourth-order valence-corrected chi connectivity index (χ4v) is 2.04. The van der Waals surface area contributed by atoms with Crippen LogP contribution in [0.5, 0.6) is 11.5 Å². The zero-order chi connectivity index (χ0) is 18.4. The molecule has 2 aromatic carbocycles. The lowest BCUT2D eigenvalue weighted by Crippen LogP contribution is -2.19. The second kappa shape index (κ2) is 7.96. The third kappa shape index (κ3) is 4.81. The summed E-state index contributed by atoms with van der Waals surface area (Å²) in [5.74, 6) is -0.725. The number of hydrogen-bond donors (Lipinski definition) is 4. The molecule has 2 rings (SSSR count). The van der Waals surface area contributed by atoms with Gasteiger partial charge in [0.2, 0.25) is 5.91 Å². The smallest absolute Gasteiger partial charge is 0.271 e. The maximum absolute atomic E-state index is 12.1. The molecule has 0 radical (unpaired) electrons. The van der Waals surface area contributed by atoms with Crippen molar-refractivity contribution in [2.45, 2.75) is 20.3 Å². The van der Waals surface area contributed by atoms with E-state index in [1.165, 1.54) is 18.2 Å². The van der Waals surface area contributed by atoms with E-state index >= 15 is 0 Å². The zero-order valence-electron chi connectivity index (χ0n) is 13.9. The van der Waals surface area contributed by atoms with E-state index in [-0.39, 0.29) is 17.4 Å². The summed E-state index contributed by atoms with van der Waals surface area (Å²) in [6, 6.07) is 10.5. The van der Waals surface area contributed by atoms with Gasteiger partial charge < -0.3 is 15.5 Å². The van der Waals surface area contributed by atoms with Crippen LogP contribution in [0.4, 0.5) is 5.69 Å². The molecule has 0 saturated heterocycles. The Kier molecular flexibility index (Phi) is 5.73. The lowest BCUT2D eigenvalue weighted by molar-refractivity contribution is -0.115. The molecule has 0 saturated carbocycles. The van der Waals surface area contributed by atoms with E-state index in [4.69, 9.17) is 0 Å². The first-order chi connectivity index (χ1) is 11.9. The average molecular weight is 341 g/mol. The van der Waals surface area contributed by atoms with Crippen LogP contribution in [0.15, 0.2) is 47.6 Å². The lowest BCUT2D eigenvalue weighted by atomic mass is 10.1. The summed E-state index contributed by atoms with van der Waals surface area (Å²) in [4.78, 5) is 23.4. The monoisotopic (exact) mass is 341 g/mol. The number of carbonyl (C=O) groups is 2. The van der Waals surface area contributed by atoms with Crippen LogP contribution >= 0.6 is 0 Å². The third-order valence-corrected chi connectivity index (χ3v) is 3.45. The van der Waals surface area contributed by atoms with Crippen molar-refractivity contribution in [3.63, 3.8) is 0 Å². The highest BCUT2D eigenvalue weighted by Gasteiger charge is 2.08. The van der Waals surface area contributed by atoms with Gasteiger partial charge in [-0.15, -0.1) is 0 Å². The van der Waals surface area contributed by atoms with E-state index in [2.05, 4.69) is 15.8 Å². The summed E-state index contributed by atoms with van der Waals surface area (Å²) in [6.07, 6.45) is 0.375. The Hall–Kier alpha value is -3.35. The summed E-state index contributed by atoms with van der Waals surface area (Å²) >= 11 is 0. The van der Waals surface area contributed by atoms with Gasteiger partial charge >= 0.3 is 0 Å². The molecule has 0 aliphatic rings. The standard InChI is InChI=1S/C18H19N3O4/c1-3-17(24)19-13-6-4-12(5-7-13)18(25)21-20-11(2)15-9-8-14(22)10-16(15)23/h4-10,22-23H,3H2,1-2H3,(H,19,24)(H,21,25)/b20-11+. The Morgan fingerprint density at radius 2 is 1.76 bits per heavy atom. The molecule has 130 valence electrons. The van der Waals surface area contributed by atoms with Gasteiger partial charge in [-0.25, -0.2) is 5.43 Å². The molecular formula is C18H19N3O4.